The first-order chi connectivity index (χ1) is 13.8. The molecule has 9 heteroatoms. The van der Waals surface area contributed by atoms with E-state index >= 15 is 0 Å². The molecule has 3 N–H and O–H groups in total. The molecule has 142 valence electrons. The van der Waals surface area contributed by atoms with Crippen molar-refractivity contribution in [3.63, 3.8) is 0 Å². The Morgan fingerprint density at radius 3 is 2.45 bits per heavy atom. The van der Waals surface area contributed by atoms with Gasteiger partial charge >= 0.3 is 5.97 Å². The van der Waals surface area contributed by atoms with Gasteiger partial charge in [0.2, 0.25) is 0 Å². The number of hydrogen-bond donors (Lipinski definition) is 2. The van der Waals surface area contributed by atoms with Gasteiger partial charge in [-0.3, -0.25) is 4.79 Å². The number of hydrogen-bond acceptors (Lipinski definition) is 6. The van der Waals surface area contributed by atoms with Gasteiger partial charge in [-0.05, 0) is 35.9 Å². The van der Waals surface area contributed by atoms with Crippen LogP contribution in [0.25, 0.3) is 11.1 Å². The van der Waals surface area contributed by atoms with Crippen molar-refractivity contribution < 1.29 is 9.53 Å². The minimum atomic E-state index is -0.727. The average Bonchev–Trinajstić information content (AvgIpc) is 2.67. The fourth-order valence-electron chi connectivity index (χ4n) is 2.66. The van der Waals surface area contributed by atoms with Crippen LogP contribution in [0.3, 0.4) is 0 Å². The molecule has 0 amide bonds. The third-order valence-corrected chi connectivity index (χ3v) is 4.50. The molecule has 0 unspecified atom stereocenters. The number of ether oxygens (including phenoxy) is 1. The zero-order valence-electron chi connectivity index (χ0n) is 14.5. The summed E-state index contributed by atoms with van der Waals surface area (Å²) in [5.41, 5.74) is 5.12. The SMILES string of the molecule is N#Cc1c(N)[nH]c(=O)c(C#N)c1-c1cccc(OC(=O)c2ccc(Cl)cc2Cl)c1. The lowest BCUT2D eigenvalue weighted by Crippen LogP contribution is -2.16. The molecule has 0 bridgehead atoms. The number of nitriles is 2. The van der Waals surface area contributed by atoms with Gasteiger partial charge in [0, 0.05) is 10.6 Å². The van der Waals surface area contributed by atoms with Gasteiger partial charge in [-0.15, -0.1) is 0 Å². The Balaban J connectivity index is 2.06. The van der Waals surface area contributed by atoms with Crippen molar-refractivity contribution >= 4 is 35.0 Å². The number of rotatable bonds is 3. The second kappa shape index (κ2) is 8.07. The number of aromatic amines is 1. The number of halogens is 2. The van der Waals surface area contributed by atoms with Crippen LogP contribution in [0.2, 0.25) is 10.0 Å². The molecule has 3 rings (SSSR count). The van der Waals surface area contributed by atoms with E-state index < -0.39 is 11.5 Å². The van der Waals surface area contributed by atoms with Crippen LogP contribution in [0, 0.1) is 22.7 Å². The summed E-state index contributed by atoms with van der Waals surface area (Å²) in [5, 5.41) is 19.3. The first-order valence-corrected chi connectivity index (χ1v) is 8.75. The van der Waals surface area contributed by atoms with Crippen molar-refractivity contribution in [2.75, 3.05) is 5.73 Å². The van der Waals surface area contributed by atoms with Gasteiger partial charge < -0.3 is 15.5 Å². The van der Waals surface area contributed by atoms with E-state index in [2.05, 4.69) is 4.98 Å². The average molecular weight is 425 g/mol. The fourth-order valence-corrected chi connectivity index (χ4v) is 3.15. The maximum atomic E-state index is 12.4. The number of aromatic nitrogens is 1. The third-order valence-electron chi connectivity index (χ3n) is 3.95. The number of nitrogens with one attached hydrogen (secondary N) is 1. The molecule has 0 aliphatic carbocycles. The molecule has 0 atom stereocenters. The Morgan fingerprint density at radius 1 is 1.07 bits per heavy atom. The summed E-state index contributed by atoms with van der Waals surface area (Å²) in [5.74, 6) is -0.776. The van der Waals surface area contributed by atoms with Crippen LogP contribution in [0.1, 0.15) is 21.5 Å². The molecule has 0 saturated carbocycles. The van der Waals surface area contributed by atoms with E-state index in [-0.39, 0.29) is 38.8 Å². The number of pyridine rings is 1. The Bertz CT molecular complexity index is 1290. The predicted molar refractivity (Wildman–Crippen MR) is 108 cm³/mol. The largest absolute Gasteiger partial charge is 0.423 e. The molecule has 29 heavy (non-hydrogen) atoms. The number of H-pyrrole nitrogens is 1. The van der Waals surface area contributed by atoms with Gasteiger partial charge in [0.25, 0.3) is 5.56 Å². The van der Waals surface area contributed by atoms with Crippen molar-refractivity contribution in [2.45, 2.75) is 0 Å². The minimum Gasteiger partial charge on any atom is -0.423 e. The Labute approximate surface area is 174 Å². The van der Waals surface area contributed by atoms with Gasteiger partial charge in [-0.2, -0.15) is 10.5 Å². The molecule has 0 spiro atoms. The zero-order chi connectivity index (χ0) is 21.1. The molecule has 0 saturated heterocycles. The number of benzene rings is 2. The lowest BCUT2D eigenvalue weighted by Gasteiger charge is -2.11. The molecule has 0 radical (unpaired) electrons. The van der Waals surface area contributed by atoms with Gasteiger partial charge in [0.15, 0.2) is 0 Å². The first-order valence-electron chi connectivity index (χ1n) is 7.99. The highest BCUT2D eigenvalue weighted by atomic mass is 35.5. The number of esters is 1. The van der Waals surface area contributed by atoms with Gasteiger partial charge in [-0.1, -0.05) is 35.3 Å². The van der Waals surface area contributed by atoms with Crippen molar-refractivity contribution in [1.82, 2.24) is 4.98 Å². The number of carbonyl (C=O) groups excluding carboxylic acids is 1. The van der Waals surface area contributed by atoms with Crippen LogP contribution in [0.15, 0.2) is 47.3 Å². The van der Waals surface area contributed by atoms with E-state index in [0.29, 0.717) is 10.6 Å². The number of nitrogens with zero attached hydrogens (tertiary/aromatic N) is 2. The molecule has 7 nitrogen and oxygen atoms in total. The van der Waals surface area contributed by atoms with Crippen molar-refractivity contribution in [3.8, 4) is 29.0 Å². The molecule has 3 aromatic rings. The fraction of sp³-hybridized carbons (Fsp3) is 0. The Morgan fingerprint density at radius 2 is 1.79 bits per heavy atom. The summed E-state index contributed by atoms with van der Waals surface area (Å²) in [7, 11) is 0. The summed E-state index contributed by atoms with van der Waals surface area (Å²) in [4.78, 5) is 26.8. The van der Waals surface area contributed by atoms with Crippen LogP contribution in [-0.2, 0) is 0 Å². The highest BCUT2D eigenvalue weighted by Gasteiger charge is 2.19. The normalized spacial score (nSPS) is 10.1. The summed E-state index contributed by atoms with van der Waals surface area (Å²) < 4.78 is 5.34. The van der Waals surface area contributed by atoms with Gasteiger partial charge in [0.05, 0.1) is 10.6 Å². The number of nitrogen functional groups attached to an aromatic ring is 1. The molecule has 0 aliphatic heterocycles. The highest BCUT2D eigenvalue weighted by Crippen LogP contribution is 2.31. The molecule has 1 heterocycles. The summed E-state index contributed by atoms with van der Waals surface area (Å²) in [6.45, 7) is 0. The quantitative estimate of drug-likeness (QED) is 0.483. The van der Waals surface area contributed by atoms with Gasteiger partial charge in [0.1, 0.15) is 34.8 Å². The molecular weight excluding hydrogens is 415 g/mol. The van der Waals surface area contributed by atoms with Gasteiger partial charge in [-0.25, -0.2) is 4.79 Å². The standard InChI is InChI=1S/C20H10Cl2N4O3/c21-11-4-5-13(16(22)7-11)20(28)29-12-3-1-2-10(6-12)17-14(8-23)18(25)26-19(27)15(17)9-24/h1-7H,(H3,25,26,27). The van der Waals surface area contributed by atoms with Crippen LogP contribution in [0.5, 0.6) is 5.75 Å². The van der Waals surface area contributed by atoms with Crippen molar-refractivity contribution in [2.24, 2.45) is 0 Å². The summed E-state index contributed by atoms with van der Waals surface area (Å²) in [6.07, 6.45) is 0. The maximum Gasteiger partial charge on any atom is 0.345 e. The molecular formula is C20H10Cl2N4O3. The molecule has 0 aliphatic rings. The van der Waals surface area contributed by atoms with E-state index in [4.69, 9.17) is 33.7 Å². The number of anilines is 1. The van der Waals surface area contributed by atoms with E-state index in [9.17, 15) is 20.1 Å². The van der Waals surface area contributed by atoms with E-state index in [1.54, 1.807) is 18.2 Å². The molecule has 0 fully saturated rings. The van der Waals surface area contributed by atoms with Crippen LogP contribution in [-0.4, -0.2) is 11.0 Å². The monoisotopic (exact) mass is 424 g/mol. The van der Waals surface area contributed by atoms with E-state index in [1.165, 1.54) is 30.3 Å². The molecule has 2 aromatic carbocycles. The summed E-state index contributed by atoms with van der Waals surface area (Å²) in [6, 6.07) is 14.0. The third kappa shape index (κ3) is 3.92. The Kier molecular flexibility index (Phi) is 5.56. The van der Waals surface area contributed by atoms with Crippen molar-refractivity contribution in [3.05, 3.63) is 79.6 Å². The van der Waals surface area contributed by atoms with Crippen molar-refractivity contribution in [1.29, 1.82) is 10.5 Å². The Hall–Kier alpha value is -3.78. The maximum absolute atomic E-state index is 12.4. The van der Waals surface area contributed by atoms with E-state index in [0.717, 1.165) is 0 Å². The lowest BCUT2D eigenvalue weighted by molar-refractivity contribution is 0.0735. The smallest absolute Gasteiger partial charge is 0.345 e. The summed E-state index contributed by atoms with van der Waals surface area (Å²) >= 11 is 11.8. The highest BCUT2D eigenvalue weighted by molar-refractivity contribution is 6.36. The second-order valence-corrected chi connectivity index (χ2v) is 6.60. The van der Waals surface area contributed by atoms with E-state index in [1.807, 2.05) is 6.07 Å². The number of carbonyl (C=O) groups is 1. The number of nitrogens with two attached hydrogens (primary N) is 1. The minimum absolute atomic E-state index is 0.0543. The lowest BCUT2D eigenvalue weighted by atomic mass is 9.96. The van der Waals surface area contributed by atoms with Crippen LogP contribution >= 0.6 is 23.2 Å². The molecule has 1 aromatic heterocycles. The first kappa shape index (κ1) is 20.0. The van der Waals surface area contributed by atoms with Crippen LogP contribution < -0.4 is 16.0 Å². The topological polar surface area (TPSA) is 133 Å². The second-order valence-electron chi connectivity index (χ2n) is 5.76. The zero-order valence-corrected chi connectivity index (χ0v) is 16.0. The van der Waals surface area contributed by atoms with Crippen LogP contribution in [0.4, 0.5) is 5.82 Å². The predicted octanol–water partition coefficient (Wildman–Crippen LogP) is 3.89.